The summed E-state index contributed by atoms with van der Waals surface area (Å²) in [7, 11) is 1.57. The summed E-state index contributed by atoms with van der Waals surface area (Å²) < 4.78 is 16.1. The Hall–Kier alpha value is -3.48. The molecule has 0 fully saturated rings. The lowest BCUT2D eigenvalue weighted by Gasteiger charge is -2.11. The van der Waals surface area contributed by atoms with Crippen LogP contribution in [0.4, 0.5) is 0 Å². The molecular formula is C21H22N2O5. The number of ether oxygens (including phenoxy) is 2. The first-order valence-corrected chi connectivity index (χ1v) is 8.78. The van der Waals surface area contributed by atoms with Crippen LogP contribution >= 0.6 is 0 Å². The topological polar surface area (TPSA) is 89.8 Å². The predicted octanol–water partition coefficient (Wildman–Crippen LogP) is 2.83. The molecule has 2 aromatic carbocycles. The van der Waals surface area contributed by atoms with Gasteiger partial charge >= 0.3 is 0 Å². The summed E-state index contributed by atoms with van der Waals surface area (Å²) in [6.07, 6.45) is 1.59. The Labute approximate surface area is 162 Å². The molecule has 0 aliphatic carbocycles. The molecule has 0 atom stereocenters. The number of fused-ring (bicyclic) bond motifs is 1. The number of hydrogen-bond acceptors (Lipinski definition) is 5. The van der Waals surface area contributed by atoms with Crippen molar-refractivity contribution in [2.24, 2.45) is 0 Å². The molecule has 0 bridgehead atoms. The van der Waals surface area contributed by atoms with Gasteiger partial charge in [0.1, 0.15) is 17.1 Å². The van der Waals surface area contributed by atoms with Crippen LogP contribution in [-0.2, 0) is 16.0 Å². The summed E-state index contributed by atoms with van der Waals surface area (Å²) in [6.45, 7) is 3.65. The first kappa shape index (κ1) is 19.3. The number of rotatable bonds is 6. The van der Waals surface area contributed by atoms with Crippen molar-refractivity contribution in [2.75, 3.05) is 13.7 Å². The van der Waals surface area contributed by atoms with E-state index < -0.39 is 5.91 Å². The lowest BCUT2D eigenvalue weighted by atomic mass is 10.1. The smallest absolute Gasteiger partial charge is 0.276 e. The van der Waals surface area contributed by atoms with Crippen LogP contribution in [-0.4, -0.2) is 25.5 Å². The van der Waals surface area contributed by atoms with Gasteiger partial charge in [-0.3, -0.25) is 20.4 Å². The lowest BCUT2D eigenvalue weighted by molar-refractivity contribution is -0.129. The first-order chi connectivity index (χ1) is 13.5. The van der Waals surface area contributed by atoms with E-state index >= 15 is 0 Å². The molecule has 0 aliphatic rings. The van der Waals surface area contributed by atoms with Crippen LogP contribution < -0.4 is 20.3 Å². The van der Waals surface area contributed by atoms with Crippen LogP contribution in [0.2, 0.25) is 0 Å². The highest BCUT2D eigenvalue weighted by Gasteiger charge is 2.12. The summed E-state index contributed by atoms with van der Waals surface area (Å²) in [5.41, 5.74) is 8.06. The molecule has 0 spiro atoms. The third-order valence-corrected chi connectivity index (χ3v) is 4.26. The van der Waals surface area contributed by atoms with Gasteiger partial charge in [-0.1, -0.05) is 12.1 Å². The number of hydrogen-bond donors (Lipinski definition) is 2. The fourth-order valence-electron chi connectivity index (χ4n) is 2.73. The standard InChI is InChI=1S/C21H22N2O5/c1-13-4-5-14(2)18(8-13)28-12-21(25)23-22-20(24)9-15-11-27-19-10-16(26-3)6-7-17(15)19/h4-8,10-11H,9,12H2,1-3H3,(H,22,24)(H,23,25). The zero-order chi connectivity index (χ0) is 20.1. The molecule has 2 N–H and O–H groups in total. The van der Waals surface area contributed by atoms with Gasteiger partial charge in [0.15, 0.2) is 6.61 Å². The van der Waals surface area contributed by atoms with Gasteiger partial charge in [0, 0.05) is 17.0 Å². The van der Waals surface area contributed by atoms with Crippen molar-refractivity contribution in [2.45, 2.75) is 20.3 Å². The molecule has 0 saturated carbocycles. The molecule has 3 rings (SSSR count). The molecule has 28 heavy (non-hydrogen) atoms. The summed E-state index contributed by atoms with van der Waals surface area (Å²) in [5, 5.41) is 0.820. The van der Waals surface area contributed by atoms with E-state index in [1.807, 2.05) is 38.1 Å². The minimum absolute atomic E-state index is 0.0669. The van der Waals surface area contributed by atoms with E-state index in [1.165, 1.54) is 6.26 Å². The van der Waals surface area contributed by atoms with Gasteiger partial charge < -0.3 is 13.9 Å². The Morgan fingerprint density at radius 3 is 2.61 bits per heavy atom. The number of benzene rings is 2. The first-order valence-electron chi connectivity index (χ1n) is 8.78. The lowest BCUT2D eigenvalue weighted by Crippen LogP contribution is -2.44. The van der Waals surface area contributed by atoms with Crippen LogP contribution in [0.1, 0.15) is 16.7 Å². The van der Waals surface area contributed by atoms with Crippen LogP contribution in [0.3, 0.4) is 0 Å². The number of hydrazine groups is 1. The average molecular weight is 382 g/mol. The van der Waals surface area contributed by atoms with E-state index in [1.54, 1.807) is 19.2 Å². The maximum atomic E-state index is 12.1. The van der Waals surface area contributed by atoms with Gasteiger partial charge in [-0.25, -0.2) is 0 Å². The maximum Gasteiger partial charge on any atom is 0.276 e. The summed E-state index contributed by atoms with van der Waals surface area (Å²) in [5.74, 6) is 0.505. The van der Waals surface area contributed by atoms with Crippen molar-refractivity contribution in [3.05, 3.63) is 59.4 Å². The summed E-state index contributed by atoms with van der Waals surface area (Å²) >= 11 is 0. The number of amides is 2. The highest BCUT2D eigenvalue weighted by Crippen LogP contribution is 2.25. The van der Waals surface area contributed by atoms with E-state index in [2.05, 4.69) is 10.9 Å². The number of nitrogens with one attached hydrogen (secondary N) is 2. The van der Waals surface area contributed by atoms with Crippen molar-refractivity contribution in [1.29, 1.82) is 0 Å². The quantitative estimate of drug-likeness (QED) is 0.640. The van der Waals surface area contributed by atoms with Gasteiger partial charge in [-0.05, 0) is 43.2 Å². The minimum atomic E-state index is -0.448. The second kappa shape index (κ2) is 8.47. The fraction of sp³-hybridized carbons (Fsp3) is 0.238. The monoisotopic (exact) mass is 382 g/mol. The molecule has 7 nitrogen and oxygen atoms in total. The van der Waals surface area contributed by atoms with E-state index in [0.717, 1.165) is 22.1 Å². The Morgan fingerprint density at radius 1 is 1.04 bits per heavy atom. The molecule has 146 valence electrons. The van der Waals surface area contributed by atoms with Crippen molar-refractivity contribution in [3.8, 4) is 11.5 Å². The Kier molecular flexibility index (Phi) is 5.84. The minimum Gasteiger partial charge on any atom is -0.497 e. The molecule has 0 saturated heterocycles. The molecule has 2 amide bonds. The Bertz CT molecular complexity index is 1010. The molecule has 0 aliphatic heterocycles. The average Bonchev–Trinajstić information content (AvgIpc) is 3.08. The van der Waals surface area contributed by atoms with Gasteiger partial charge in [-0.2, -0.15) is 0 Å². The molecule has 0 unspecified atom stereocenters. The van der Waals surface area contributed by atoms with Gasteiger partial charge in [-0.15, -0.1) is 0 Å². The largest absolute Gasteiger partial charge is 0.497 e. The van der Waals surface area contributed by atoms with Gasteiger partial charge in [0.2, 0.25) is 5.91 Å². The zero-order valence-electron chi connectivity index (χ0n) is 16.0. The van der Waals surface area contributed by atoms with E-state index in [9.17, 15) is 9.59 Å². The predicted molar refractivity (Wildman–Crippen MR) is 104 cm³/mol. The van der Waals surface area contributed by atoms with E-state index in [-0.39, 0.29) is 18.9 Å². The molecule has 1 heterocycles. The third kappa shape index (κ3) is 4.62. The van der Waals surface area contributed by atoms with Crippen LogP contribution in [0, 0.1) is 13.8 Å². The second-order valence-electron chi connectivity index (χ2n) is 6.45. The molecule has 7 heteroatoms. The van der Waals surface area contributed by atoms with Crippen LogP contribution in [0.5, 0.6) is 11.5 Å². The Balaban J connectivity index is 1.50. The molecule has 1 aromatic heterocycles. The second-order valence-corrected chi connectivity index (χ2v) is 6.45. The van der Waals surface area contributed by atoms with Gasteiger partial charge in [0.25, 0.3) is 5.91 Å². The number of carbonyl (C=O) groups is 2. The third-order valence-electron chi connectivity index (χ3n) is 4.26. The van der Waals surface area contributed by atoms with Crippen LogP contribution in [0.25, 0.3) is 11.0 Å². The van der Waals surface area contributed by atoms with E-state index in [4.69, 9.17) is 13.9 Å². The van der Waals surface area contributed by atoms with Gasteiger partial charge in [0.05, 0.1) is 19.8 Å². The summed E-state index contributed by atoms with van der Waals surface area (Å²) in [4.78, 5) is 24.0. The highest BCUT2D eigenvalue weighted by molar-refractivity contribution is 5.89. The van der Waals surface area contributed by atoms with Crippen LogP contribution in [0.15, 0.2) is 47.1 Å². The van der Waals surface area contributed by atoms with Crippen molar-refractivity contribution in [1.82, 2.24) is 10.9 Å². The number of carbonyl (C=O) groups excluding carboxylic acids is 2. The molecular weight excluding hydrogens is 360 g/mol. The van der Waals surface area contributed by atoms with Crippen molar-refractivity contribution in [3.63, 3.8) is 0 Å². The number of furan rings is 1. The fourth-order valence-corrected chi connectivity index (χ4v) is 2.73. The normalized spacial score (nSPS) is 10.5. The van der Waals surface area contributed by atoms with Crippen molar-refractivity contribution < 1.29 is 23.5 Å². The maximum absolute atomic E-state index is 12.1. The van der Waals surface area contributed by atoms with Crippen molar-refractivity contribution >= 4 is 22.8 Å². The SMILES string of the molecule is COc1ccc2c(CC(=O)NNC(=O)COc3cc(C)ccc3C)coc2c1. The number of methoxy groups -OCH3 is 1. The highest BCUT2D eigenvalue weighted by atomic mass is 16.5. The molecule has 3 aromatic rings. The number of aryl methyl sites for hydroxylation is 2. The zero-order valence-corrected chi connectivity index (χ0v) is 16.0. The van der Waals surface area contributed by atoms with E-state index in [0.29, 0.717) is 17.1 Å². The summed E-state index contributed by atoms with van der Waals surface area (Å²) in [6, 6.07) is 11.1. The Morgan fingerprint density at radius 2 is 1.82 bits per heavy atom. The molecule has 0 radical (unpaired) electrons.